The van der Waals surface area contributed by atoms with Crippen LogP contribution in [0.5, 0.6) is 23.0 Å². The van der Waals surface area contributed by atoms with Gasteiger partial charge in [-0.2, -0.15) is 0 Å². The number of benzene rings is 3. The second-order valence-corrected chi connectivity index (χ2v) is 10.2. The molecule has 2 aliphatic heterocycles. The Labute approximate surface area is 225 Å². The summed E-state index contributed by atoms with van der Waals surface area (Å²) in [5.74, 6) is 2.18. The maximum Gasteiger partial charge on any atom is 0.241 e. The zero-order valence-corrected chi connectivity index (χ0v) is 22.2. The molecule has 0 spiro atoms. The number of carbonyl (C=O) groups excluding carboxylic acids is 1. The van der Waals surface area contributed by atoms with Gasteiger partial charge in [-0.25, -0.2) is 4.98 Å². The van der Waals surface area contributed by atoms with Crippen molar-refractivity contribution in [3.8, 4) is 23.0 Å². The second-order valence-electron chi connectivity index (χ2n) is 9.20. The fourth-order valence-electron chi connectivity index (χ4n) is 5.09. The third-order valence-corrected chi connectivity index (χ3v) is 8.16. The third-order valence-electron chi connectivity index (χ3n) is 7.07. The number of amides is 1. The van der Waals surface area contributed by atoms with E-state index in [-0.39, 0.29) is 5.91 Å². The van der Waals surface area contributed by atoms with E-state index in [9.17, 15) is 4.79 Å². The molecular weight excluding hydrogens is 502 g/mol. The number of rotatable bonds is 7. The zero-order valence-electron chi connectivity index (χ0n) is 21.4. The van der Waals surface area contributed by atoms with E-state index < -0.39 is 5.92 Å². The highest BCUT2D eigenvalue weighted by molar-refractivity contribution is 7.22. The molecule has 0 atom stereocenters. The minimum Gasteiger partial charge on any atom is -0.495 e. The van der Waals surface area contributed by atoms with Crippen molar-refractivity contribution in [1.29, 1.82) is 0 Å². The molecule has 0 radical (unpaired) electrons. The molecule has 0 bridgehead atoms. The average Bonchev–Trinajstić information content (AvgIpc) is 3.41. The number of para-hydroxylation sites is 2. The number of hydrogen-bond donors (Lipinski definition) is 0. The van der Waals surface area contributed by atoms with Crippen LogP contribution >= 0.6 is 11.3 Å². The summed E-state index contributed by atoms with van der Waals surface area (Å²) in [5.41, 5.74) is 2.39. The molecule has 8 nitrogen and oxygen atoms in total. The van der Waals surface area contributed by atoms with Gasteiger partial charge >= 0.3 is 0 Å². The van der Waals surface area contributed by atoms with Crippen molar-refractivity contribution in [2.75, 3.05) is 58.5 Å². The smallest absolute Gasteiger partial charge is 0.241 e. The van der Waals surface area contributed by atoms with E-state index in [1.165, 1.54) is 11.3 Å². The highest BCUT2D eigenvalue weighted by Crippen LogP contribution is 2.46. The van der Waals surface area contributed by atoms with Crippen molar-refractivity contribution >= 4 is 32.6 Å². The molecule has 1 aromatic heterocycles. The molecule has 1 saturated heterocycles. The Morgan fingerprint density at radius 3 is 2.26 bits per heavy atom. The molecular formula is C29H29N3O5S. The van der Waals surface area contributed by atoms with Crippen LogP contribution in [0.4, 0.5) is 5.13 Å². The Morgan fingerprint density at radius 1 is 0.974 bits per heavy atom. The van der Waals surface area contributed by atoms with Gasteiger partial charge in [-0.15, -0.1) is 0 Å². The number of thiazole rings is 1. The minimum absolute atomic E-state index is 0.0431. The fraction of sp³-hybridized carbons (Fsp3) is 0.310. The van der Waals surface area contributed by atoms with E-state index in [0.717, 1.165) is 28.9 Å². The molecule has 9 heteroatoms. The predicted octanol–water partition coefficient (Wildman–Crippen LogP) is 4.92. The zero-order chi connectivity index (χ0) is 26.1. The Bertz CT molecular complexity index is 1380. The molecule has 3 heterocycles. The summed E-state index contributed by atoms with van der Waals surface area (Å²) in [4.78, 5) is 23.7. The number of fused-ring (bicyclic) bond motifs is 3. The van der Waals surface area contributed by atoms with Gasteiger partial charge in [-0.3, -0.25) is 14.6 Å². The predicted molar refractivity (Wildman–Crippen MR) is 147 cm³/mol. The largest absolute Gasteiger partial charge is 0.495 e. The lowest BCUT2D eigenvalue weighted by Crippen LogP contribution is -2.44. The molecule has 0 saturated carbocycles. The summed E-state index contributed by atoms with van der Waals surface area (Å²) in [6, 6.07) is 19.2. The summed E-state index contributed by atoms with van der Waals surface area (Å²) in [6.45, 7) is 4.28. The van der Waals surface area contributed by atoms with Gasteiger partial charge in [0.25, 0.3) is 0 Å². The first-order valence-electron chi connectivity index (χ1n) is 12.7. The molecule has 0 N–H and O–H groups in total. The van der Waals surface area contributed by atoms with Gasteiger partial charge in [-0.05, 0) is 24.3 Å². The van der Waals surface area contributed by atoms with E-state index in [2.05, 4.69) is 4.90 Å². The Kier molecular flexibility index (Phi) is 6.88. The number of hydrogen-bond acceptors (Lipinski definition) is 8. The van der Waals surface area contributed by atoms with Crippen LogP contribution in [-0.2, 0) is 9.53 Å². The van der Waals surface area contributed by atoms with Gasteiger partial charge in [0.1, 0.15) is 33.2 Å². The number of methoxy groups -OCH3 is 2. The first kappa shape index (κ1) is 24.7. The van der Waals surface area contributed by atoms with Crippen LogP contribution in [0.2, 0.25) is 0 Å². The highest BCUT2D eigenvalue weighted by atomic mass is 32.1. The van der Waals surface area contributed by atoms with Crippen molar-refractivity contribution < 1.29 is 23.7 Å². The number of carbonyl (C=O) groups is 1. The molecule has 6 rings (SSSR count). The normalized spacial score (nSPS) is 15.4. The maximum absolute atomic E-state index is 14.6. The van der Waals surface area contributed by atoms with Crippen molar-refractivity contribution in [2.45, 2.75) is 5.92 Å². The number of morpholine rings is 1. The molecule has 3 aromatic carbocycles. The topological polar surface area (TPSA) is 73.4 Å². The SMILES string of the molecule is COc1ccc(OC)c2sc(N(CCN3CCOCC3)C(=O)C3c4ccccc4Oc4ccccc43)nc12. The van der Waals surface area contributed by atoms with E-state index >= 15 is 0 Å². The third kappa shape index (κ3) is 4.47. The van der Waals surface area contributed by atoms with Gasteiger partial charge in [-0.1, -0.05) is 47.7 Å². The lowest BCUT2D eigenvalue weighted by Gasteiger charge is -2.33. The van der Waals surface area contributed by atoms with Crippen molar-refractivity contribution in [1.82, 2.24) is 9.88 Å². The quantitative estimate of drug-likeness (QED) is 0.335. The van der Waals surface area contributed by atoms with Crippen LogP contribution in [-0.4, -0.2) is 69.4 Å². The van der Waals surface area contributed by atoms with Crippen LogP contribution in [0.25, 0.3) is 10.2 Å². The number of nitrogens with zero attached hydrogens (tertiary/aromatic N) is 3. The van der Waals surface area contributed by atoms with E-state index in [4.69, 9.17) is 23.9 Å². The van der Waals surface area contributed by atoms with Crippen molar-refractivity contribution in [3.05, 3.63) is 71.8 Å². The van der Waals surface area contributed by atoms with Crippen molar-refractivity contribution in [3.63, 3.8) is 0 Å². The minimum atomic E-state index is -0.517. The highest BCUT2D eigenvalue weighted by Gasteiger charge is 2.37. The van der Waals surface area contributed by atoms with E-state index in [1.54, 1.807) is 14.2 Å². The van der Waals surface area contributed by atoms with Crippen LogP contribution < -0.4 is 19.1 Å². The maximum atomic E-state index is 14.6. The average molecular weight is 532 g/mol. The summed E-state index contributed by atoms with van der Waals surface area (Å²) in [5, 5.41) is 0.613. The Morgan fingerprint density at radius 2 is 1.61 bits per heavy atom. The van der Waals surface area contributed by atoms with Gasteiger partial charge < -0.3 is 18.9 Å². The molecule has 1 amide bonds. The molecule has 0 unspecified atom stereocenters. The molecule has 2 aliphatic rings. The van der Waals surface area contributed by atoms with Crippen LogP contribution in [0.1, 0.15) is 17.0 Å². The van der Waals surface area contributed by atoms with Crippen LogP contribution in [0, 0.1) is 0 Å². The number of anilines is 1. The summed E-state index contributed by atoms with van der Waals surface area (Å²) in [7, 11) is 3.26. The van der Waals surface area contributed by atoms with E-state index in [1.807, 2.05) is 65.6 Å². The summed E-state index contributed by atoms with van der Waals surface area (Å²) < 4.78 is 23.8. The van der Waals surface area contributed by atoms with Crippen LogP contribution in [0.3, 0.4) is 0 Å². The Balaban J connectivity index is 1.44. The summed E-state index contributed by atoms with van der Waals surface area (Å²) >= 11 is 1.44. The lowest BCUT2D eigenvalue weighted by molar-refractivity contribution is -0.119. The molecule has 0 aliphatic carbocycles. The van der Waals surface area contributed by atoms with Gasteiger partial charge in [0.2, 0.25) is 5.91 Å². The molecule has 38 heavy (non-hydrogen) atoms. The molecule has 196 valence electrons. The van der Waals surface area contributed by atoms with Gasteiger partial charge in [0.15, 0.2) is 5.13 Å². The van der Waals surface area contributed by atoms with Crippen LogP contribution in [0.15, 0.2) is 60.7 Å². The standard InChI is InChI=1S/C29H29N3O5S/c1-34-23-11-12-24(35-2)27-26(23)30-29(38-27)32(14-13-31-15-17-36-18-16-31)28(33)25-19-7-3-5-9-21(19)37-22-10-6-4-8-20(22)25/h3-12,25H,13-18H2,1-2H3. The van der Waals surface area contributed by atoms with Gasteiger partial charge in [0.05, 0.1) is 33.4 Å². The van der Waals surface area contributed by atoms with E-state index in [0.29, 0.717) is 59.9 Å². The number of ether oxygens (including phenoxy) is 4. The fourth-order valence-corrected chi connectivity index (χ4v) is 6.19. The van der Waals surface area contributed by atoms with Crippen molar-refractivity contribution in [2.24, 2.45) is 0 Å². The second kappa shape index (κ2) is 10.6. The monoisotopic (exact) mass is 531 g/mol. The first-order chi connectivity index (χ1) is 18.7. The summed E-state index contributed by atoms with van der Waals surface area (Å²) in [6.07, 6.45) is 0. The molecule has 1 fully saturated rings. The Hall–Kier alpha value is -3.66. The van der Waals surface area contributed by atoms with Gasteiger partial charge in [0, 0.05) is 37.3 Å². The number of aromatic nitrogens is 1. The first-order valence-corrected chi connectivity index (χ1v) is 13.5. The molecule has 4 aromatic rings. The lowest BCUT2D eigenvalue weighted by atomic mass is 9.87.